The van der Waals surface area contributed by atoms with E-state index in [1.54, 1.807) is 12.0 Å². The Bertz CT molecular complexity index is 604. The van der Waals surface area contributed by atoms with Crippen LogP contribution in [0.4, 0.5) is 0 Å². The van der Waals surface area contributed by atoms with Gasteiger partial charge in [0, 0.05) is 45.3 Å². The van der Waals surface area contributed by atoms with Crippen molar-refractivity contribution in [3.8, 4) is 11.5 Å². The molecule has 7 heteroatoms. The quantitative estimate of drug-likeness (QED) is 0.804. The Kier molecular flexibility index (Phi) is 6.71. The van der Waals surface area contributed by atoms with Crippen molar-refractivity contribution in [3.63, 3.8) is 0 Å². The van der Waals surface area contributed by atoms with Crippen molar-refractivity contribution >= 4 is 5.91 Å². The fraction of sp³-hybridized carbons (Fsp3) is 0.632. The van der Waals surface area contributed by atoms with Crippen LogP contribution in [0.15, 0.2) is 18.2 Å². The molecule has 0 radical (unpaired) electrons. The second-order valence-corrected chi connectivity index (χ2v) is 6.86. The van der Waals surface area contributed by atoms with Crippen LogP contribution in [-0.2, 0) is 16.1 Å². The van der Waals surface area contributed by atoms with Crippen LogP contribution in [0.3, 0.4) is 0 Å². The van der Waals surface area contributed by atoms with Gasteiger partial charge >= 0.3 is 0 Å². The van der Waals surface area contributed by atoms with E-state index in [1.807, 2.05) is 18.2 Å². The average molecular weight is 363 g/mol. The summed E-state index contributed by atoms with van der Waals surface area (Å²) < 4.78 is 16.5. The molecule has 144 valence electrons. The minimum atomic E-state index is -0.0192. The van der Waals surface area contributed by atoms with E-state index >= 15 is 0 Å². The molecule has 2 fully saturated rings. The number of hydrogen-bond acceptors (Lipinski definition) is 6. The highest BCUT2D eigenvalue weighted by Gasteiger charge is 2.19. The van der Waals surface area contributed by atoms with Crippen LogP contribution in [0.5, 0.6) is 11.5 Å². The summed E-state index contributed by atoms with van der Waals surface area (Å²) in [4.78, 5) is 16.4. The van der Waals surface area contributed by atoms with Gasteiger partial charge in [0.1, 0.15) is 0 Å². The lowest BCUT2D eigenvalue weighted by atomic mass is 10.1. The molecule has 2 aliphatic heterocycles. The molecule has 1 atom stereocenters. The third kappa shape index (κ3) is 5.09. The van der Waals surface area contributed by atoms with E-state index in [1.165, 1.54) is 5.56 Å². The van der Waals surface area contributed by atoms with Gasteiger partial charge in [-0.25, -0.2) is 0 Å². The summed E-state index contributed by atoms with van der Waals surface area (Å²) in [5.41, 5.74) is 1.18. The number of morpholine rings is 1. The number of nitrogens with zero attached hydrogens (tertiary/aromatic N) is 2. The molecule has 26 heavy (non-hydrogen) atoms. The largest absolute Gasteiger partial charge is 0.493 e. The minimum Gasteiger partial charge on any atom is -0.493 e. The maximum Gasteiger partial charge on any atom is 0.260 e. The molecule has 0 aliphatic carbocycles. The van der Waals surface area contributed by atoms with Gasteiger partial charge in [-0.15, -0.1) is 0 Å². The standard InChI is InChI=1S/C19H29N3O4/c1-15-12-21(6-5-20-15)13-16-3-4-17(18(11-16)24-2)26-14-19(23)22-7-9-25-10-8-22/h3-4,11,15,20H,5-10,12-14H2,1-2H3/t15-/m1/s1. The number of hydrogen-bond donors (Lipinski definition) is 1. The Labute approximate surface area is 155 Å². The van der Waals surface area contributed by atoms with Gasteiger partial charge in [0.15, 0.2) is 18.1 Å². The van der Waals surface area contributed by atoms with E-state index in [-0.39, 0.29) is 12.5 Å². The van der Waals surface area contributed by atoms with Crippen LogP contribution in [0, 0.1) is 0 Å². The van der Waals surface area contributed by atoms with Gasteiger partial charge in [-0.2, -0.15) is 0 Å². The molecule has 1 amide bonds. The number of benzene rings is 1. The van der Waals surface area contributed by atoms with Gasteiger partial charge in [0.05, 0.1) is 20.3 Å². The molecule has 0 aromatic heterocycles. The third-order valence-corrected chi connectivity index (χ3v) is 4.80. The first kappa shape index (κ1) is 18.9. The molecule has 1 aromatic carbocycles. The fourth-order valence-corrected chi connectivity index (χ4v) is 3.39. The zero-order chi connectivity index (χ0) is 18.4. The summed E-state index contributed by atoms with van der Waals surface area (Å²) in [6.07, 6.45) is 0. The van der Waals surface area contributed by atoms with Crippen LogP contribution < -0.4 is 14.8 Å². The van der Waals surface area contributed by atoms with Crippen LogP contribution in [-0.4, -0.2) is 81.4 Å². The normalized spacial score (nSPS) is 21.5. The highest BCUT2D eigenvalue weighted by Crippen LogP contribution is 2.28. The fourth-order valence-electron chi connectivity index (χ4n) is 3.39. The van der Waals surface area contributed by atoms with Crippen molar-refractivity contribution in [3.05, 3.63) is 23.8 Å². The van der Waals surface area contributed by atoms with Gasteiger partial charge in [-0.1, -0.05) is 6.07 Å². The SMILES string of the molecule is COc1cc(CN2CCN[C@H](C)C2)ccc1OCC(=O)N1CCOCC1. The van der Waals surface area contributed by atoms with E-state index in [0.717, 1.165) is 26.2 Å². The summed E-state index contributed by atoms with van der Waals surface area (Å²) in [5, 5.41) is 3.45. The number of ether oxygens (including phenoxy) is 3. The lowest BCUT2D eigenvalue weighted by Gasteiger charge is -2.31. The van der Waals surface area contributed by atoms with Gasteiger partial charge < -0.3 is 24.4 Å². The first-order valence-electron chi connectivity index (χ1n) is 9.26. The summed E-state index contributed by atoms with van der Waals surface area (Å²) in [7, 11) is 1.63. The molecule has 2 aliphatic rings. The summed E-state index contributed by atoms with van der Waals surface area (Å²) in [6.45, 7) is 8.64. The Morgan fingerprint density at radius 1 is 1.27 bits per heavy atom. The van der Waals surface area contributed by atoms with E-state index in [0.29, 0.717) is 43.8 Å². The van der Waals surface area contributed by atoms with Crippen LogP contribution in [0.1, 0.15) is 12.5 Å². The van der Waals surface area contributed by atoms with Crippen LogP contribution in [0.2, 0.25) is 0 Å². The number of carbonyl (C=O) groups is 1. The molecule has 2 saturated heterocycles. The van der Waals surface area contributed by atoms with Crippen molar-refractivity contribution in [1.29, 1.82) is 0 Å². The van der Waals surface area contributed by atoms with Gasteiger partial charge in [0.25, 0.3) is 5.91 Å². The summed E-state index contributed by atoms with van der Waals surface area (Å²) >= 11 is 0. The molecule has 1 aromatic rings. The first-order valence-corrected chi connectivity index (χ1v) is 9.26. The second-order valence-electron chi connectivity index (χ2n) is 6.86. The average Bonchev–Trinajstić information content (AvgIpc) is 2.67. The summed E-state index contributed by atoms with van der Waals surface area (Å²) in [6, 6.07) is 6.46. The molecular weight excluding hydrogens is 334 g/mol. The number of nitrogens with one attached hydrogen (secondary N) is 1. The number of carbonyl (C=O) groups excluding carboxylic acids is 1. The van der Waals surface area contributed by atoms with Crippen molar-refractivity contribution in [2.75, 3.05) is 59.7 Å². The lowest BCUT2D eigenvalue weighted by molar-refractivity contribution is -0.137. The molecule has 3 rings (SSSR count). The molecule has 1 N–H and O–H groups in total. The van der Waals surface area contributed by atoms with Gasteiger partial charge in [-0.3, -0.25) is 9.69 Å². The minimum absolute atomic E-state index is 0.0189. The highest BCUT2D eigenvalue weighted by atomic mass is 16.5. The smallest absolute Gasteiger partial charge is 0.260 e. The van der Waals surface area contributed by atoms with Crippen LogP contribution >= 0.6 is 0 Å². The van der Waals surface area contributed by atoms with Crippen molar-refractivity contribution in [2.45, 2.75) is 19.5 Å². The molecule has 2 heterocycles. The zero-order valence-electron chi connectivity index (χ0n) is 15.7. The number of methoxy groups -OCH3 is 1. The predicted molar refractivity (Wildman–Crippen MR) is 98.6 cm³/mol. The number of amides is 1. The molecule has 0 spiro atoms. The number of piperazine rings is 1. The van der Waals surface area contributed by atoms with E-state index in [9.17, 15) is 4.79 Å². The molecule has 7 nitrogen and oxygen atoms in total. The number of rotatable bonds is 6. The Morgan fingerprint density at radius 2 is 2.08 bits per heavy atom. The van der Waals surface area contributed by atoms with E-state index < -0.39 is 0 Å². The van der Waals surface area contributed by atoms with Crippen molar-refractivity contribution in [2.24, 2.45) is 0 Å². The third-order valence-electron chi connectivity index (χ3n) is 4.80. The van der Waals surface area contributed by atoms with Gasteiger partial charge in [0.2, 0.25) is 0 Å². The van der Waals surface area contributed by atoms with Crippen molar-refractivity contribution in [1.82, 2.24) is 15.1 Å². The van der Waals surface area contributed by atoms with Crippen molar-refractivity contribution < 1.29 is 19.0 Å². The Balaban J connectivity index is 1.56. The van der Waals surface area contributed by atoms with Crippen LogP contribution in [0.25, 0.3) is 0 Å². The maximum atomic E-state index is 12.2. The first-order chi connectivity index (χ1) is 12.7. The lowest BCUT2D eigenvalue weighted by Crippen LogP contribution is -2.48. The maximum absolute atomic E-state index is 12.2. The Morgan fingerprint density at radius 3 is 2.81 bits per heavy atom. The summed E-state index contributed by atoms with van der Waals surface area (Å²) in [5.74, 6) is 1.25. The second kappa shape index (κ2) is 9.21. The molecule has 0 saturated carbocycles. The van der Waals surface area contributed by atoms with Gasteiger partial charge in [-0.05, 0) is 24.6 Å². The highest BCUT2D eigenvalue weighted by molar-refractivity contribution is 5.78. The molecule has 0 bridgehead atoms. The Hall–Kier alpha value is -1.83. The van der Waals surface area contributed by atoms with E-state index in [4.69, 9.17) is 14.2 Å². The monoisotopic (exact) mass is 363 g/mol. The molecule has 0 unspecified atom stereocenters. The molecular formula is C19H29N3O4. The van der Waals surface area contributed by atoms with E-state index in [2.05, 4.69) is 17.1 Å². The topological polar surface area (TPSA) is 63.3 Å². The zero-order valence-corrected chi connectivity index (χ0v) is 15.7. The predicted octanol–water partition coefficient (Wildman–Crippen LogP) is 0.727.